The lowest BCUT2D eigenvalue weighted by atomic mass is 9.99. The topological polar surface area (TPSA) is 89.4 Å². The van der Waals surface area contributed by atoms with Gasteiger partial charge in [-0.3, -0.25) is 14.3 Å². The maximum absolute atomic E-state index is 13.3. The standard InChI is InChI=1S/C28H27N5O3/c1-36-25-13-18(11-12-29-25)17-32-24-10-9-22(14-21(24)16-30-32)33-26(34)15-23(31-28(35)20-7-8-20)27(33)19-5-3-2-4-6-19/h2-6,9-14,16,20,23,27H,7-8,15,17H2,1H3,(H,31,35). The lowest BCUT2D eigenvalue weighted by Gasteiger charge is -2.29. The van der Waals surface area contributed by atoms with Crippen LogP contribution in [0.15, 0.2) is 73.1 Å². The number of fused-ring (bicyclic) bond motifs is 1. The summed E-state index contributed by atoms with van der Waals surface area (Å²) < 4.78 is 7.16. The molecule has 2 amide bonds. The molecule has 6 rings (SSSR count). The molecule has 1 N–H and O–H groups in total. The number of nitrogens with zero attached hydrogens (tertiary/aromatic N) is 4. The average molecular weight is 482 g/mol. The maximum atomic E-state index is 13.3. The Kier molecular flexibility index (Phi) is 5.64. The first-order chi connectivity index (χ1) is 17.6. The molecular weight excluding hydrogens is 454 g/mol. The van der Waals surface area contributed by atoms with Crippen molar-refractivity contribution in [2.45, 2.75) is 37.9 Å². The molecule has 2 aromatic heterocycles. The number of hydrogen-bond donors (Lipinski definition) is 1. The summed E-state index contributed by atoms with van der Waals surface area (Å²) >= 11 is 0. The molecule has 1 aliphatic heterocycles. The number of hydrogen-bond acceptors (Lipinski definition) is 5. The summed E-state index contributed by atoms with van der Waals surface area (Å²) in [6, 6.07) is 19.2. The van der Waals surface area contributed by atoms with Gasteiger partial charge in [0, 0.05) is 35.7 Å². The van der Waals surface area contributed by atoms with Gasteiger partial charge in [0.15, 0.2) is 0 Å². The predicted molar refractivity (Wildman–Crippen MR) is 136 cm³/mol. The number of carbonyl (C=O) groups is 2. The minimum absolute atomic E-state index is 0.000530. The molecule has 4 aromatic rings. The number of benzene rings is 2. The summed E-state index contributed by atoms with van der Waals surface area (Å²) in [7, 11) is 1.60. The Morgan fingerprint density at radius 1 is 1.11 bits per heavy atom. The largest absolute Gasteiger partial charge is 0.481 e. The Morgan fingerprint density at radius 2 is 1.94 bits per heavy atom. The number of pyridine rings is 1. The quantitative estimate of drug-likeness (QED) is 0.433. The zero-order valence-corrected chi connectivity index (χ0v) is 20.0. The van der Waals surface area contributed by atoms with Crippen LogP contribution in [-0.4, -0.2) is 39.7 Å². The number of aromatic nitrogens is 3. The fourth-order valence-electron chi connectivity index (χ4n) is 5.03. The molecule has 36 heavy (non-hydrogen) atoms. The van der Waals surface area contributed by atoms with Crippen molar-refractivity contribution in [1.29, 1.82) is 0 Å². The van der Waals surface area contributed by atoms with E-state index < -0.39 is 0 Å². The summed E-state index contributed by atoms with van der Waals surface area (Å²) in [5.74, 6) is 0.711. The van der Waals surface area contributed by atoms with E-state index in [1.807, 2.05) is 76.4 Å². The van der Waals surface area contributed by atoms with Gasteiger partial charge in [-0.25, -0.2) is 4.98 Å². The van der Waals surface area contributed by atoms with Gasteiger partial charge < -0.3 is 15.0 Å². The Balaban J connectivity index is 1.32. The molecule has 1 saturated heterocycles. The van der Waals surface area contributed by atoms with Crippen LogP contribution in [0.5, 0.6) is 5.88 Å². The minimum atomic E-state index is -0.270. The third-order valence-electron chi connectivity index (χ3n) is 6.98. The first kappa shape index (κ1) is 22.3. The molecule has 8 heteroatoms. The van der Waals surface area contributed by atoms with E-state index in [2.05, 4.69) is 15.4 Å². The van der Waals surface area contributed by atoms with Crippen LogP contribution in [-0.2, 0) is 16.1 Å². The van der Waals surface area contributed by atoms with Crippen LogP contribution in [0.25, 0.3) is 10.9 Å². The second-order valence-electron chi connectivity index (χ2n) is 9.46. The molecule has 1 saturated carbocycles. The Morgan fingerprint density at radius 3 is 2.72 bits per heavy atom. The number of ether oxygens (including phenoxy) is 1. The molecule has 1 aliphatic carbocycles. The van der Waals surface area contributed by atoms with Gasteiger partial charge in [-0.1, -0.05) is 30.3 Å². The third-order valence-corrected chi connectivity index (χ3v) is 6.98. The van der Waals surface area contributed by atoms with E-state index in [9.17, 15) is 9.59 Å². The van der Waals surface area contributed by atoms with Crippen molar-refractivity contribution in [2.75, 3.05) is 12.0 Å². The van der Waals surface area contributed by atoms with Crippen molar-refractivity contribution < 1.29 is 14.3 Å². The zero-order valence-electron chi connectivity index (χ0n) is 20.0. The summed E-state index contributed by atoms with van der Waals surface area (Å²) in [4.78, 5) is 31.9. The smallest absolute Gasteiger partial charge is 0.229 e. The van der Waals surface area contributed by atoms with E-state index in [1.54, 1.807) is 13.3 Å². The molecular formula is C28H27N5O3. The van der Waals surface area contributed by atoms with Gasteiger partial charge in [0.2, 0.25) is 17.7 Å². The highest BCUT2D eigenvalue weighted by atomic mass is 16.5. The van der Waals surface area contributed by atoms with Crippen LogP contribution < -0.4 is 15.0 Å². The normalized spacial score (nSPS) is 19.6. The molecule has 0 radical (unpaired) electrons. The Bertz CT molecular complexity index is 1430. The van der Waals surface area contributed by atoms with Gasteiger partial charge in [0.05, 0.1) is 37.5 Å². The van der Waals surface area contributed by atoms with Crippen molar-refractivity contribution in [3.05, 3.63) is 84.2 Å². The van der Waals surface area contributed by atoms with Crippen molar-refractivity contribution in [3.63, 3.8) is 0 Å². The molecule has 182 valence electrons. The molecule has 8 nitrogen and oxygen atoms in total. The lowest BCUT2D eigenvalue weighted by molar-refractivity contribution is -0.123. The summed E-state index contributed by atoms with van der Waals surface area (Å²) in [5.41, 5.74) is 3.81. The maximum Gasteiger partial charge on any atom is 0.229 e. The lowest BCUT2D eigenvalue weighted by Crippen LogP contribution is -2.40. The molecule has 2 fully saturated rings. The van der Waals surface area contributed by atoms with E-state index >= 15 is 0 Å². The third kappa shape index (κ3) is 4.19. The number of methoxy groups -OCH3 is 1. The first-order valence-corrected chi connectivity index (χ1v) is 12.2. The van der Waals surface area contributed by atoms with Crippen molar-refractivity contribution in [3.8, 4) is 5.88 Å². The average Bonchev–Trinajstić information content (AvgIpc) is 3.62. The molecule has 0 bridgehead atoms. The summed E-state index contributed by atoms with van der Waals surface area (Å²) in [6.45, 7) is 0.576. The molecule has 2 aliphatic rings. The number of nitrogens with one attached hydrogen (secondary N) is 1. The Labute approximate surface area is 208 Å². The predicted octanol–water partition coefficient (Wildman–Crippen LogP) is 3.86. The highest BCUT2D eigenvalue weighted by Gasteiger charge is 2.44. The van der Waals surface area contributed by atoms with Crippen LogP contribution in [0, 0.1) is 5.92 Å². The second-order valence-corrected chi connectivity index (χ2v) is 9.46. The SMILES string of the molecule is COc1cc(Cn2ncc3cc(N4C(=O)CC(NC(=O)C5CC5)C4c4ccccc4)ccc32)ccn1. The van der Waals surface area contributed by atoms with Crippen LogP contribution in [0.3, 0.4) is 0 Å². The van der Waals surface area contributed by atoms with Crippen molar-refractivity contribution in [2.24, 2.45) is 5.92 Å². The van der Waals surface area contributed by atoms with Gasteiger partial charge in [-0.05, 0) is 48.2 Å². The number of rotatable bonds is 7. The summed E-state index contributed by atoms with van der Waals surface area (Å²) in [5, 5.41) is 8.69. The number of carbonyl (C=O) groups excluding carboxylic acids is 2. The molecule has 2 atom stereocenters. The van der Waals surface area contributed by atoms with Gasteiger partial charge in [0.25, 0.3) is 0 Å². The van der Waals surface area contributed by atoms with Crippen LogP contribution in [0.2, 0.25) is 0 Å². The molecule has 0 spiro atoms. The van der Waals surface area contributed by atoms with Crippen molar-refractivity contribution in [1.82, 2.24) is 20.1 Å². The van der Waals surface area contributed by atoms with Crippen LogP contribution in [0.4, 0.5) is 5.69 Å². The van der Waals surface area contributed by atoms with E-state index in [-0.39, 0.29) is 36.2 Å². The first-order valence-electron chi connectivity index (χ1n) is 12.2. The zero-order chi connectivity index (χ0) is 24.6. The monoisotopic (exact) mass is 481 g/mol. The van der Waals surface area contributed by atoms with E-state index in [0.29, 0.717) is 12.4 Å². The van der Waals surface area contributed by atoms with Gasteiger partial charge >= 0.3 is 0 Å². The van der Waals surface area contributed by atoms with E-state index in [0.717, 1.165) is 40.6 Å². The van der Waals surface area contributed by atoms with Crippen molar-refractivity contribution >= 4 is 28.4 Å². The minimum Gasteiger partial charge on any atom is -0.481 e. The Hall–Kier alpha value is -4.20. The highest BCUT2D eigenvalue weighted by molar-refractivity contribution is 6.00. The van der Waals surface area contributed by atoms with Crippen LogP contribution in [0.1, 0.15) is 36.4 Å². The highest BCUT2D eigenvalue weighted by Crippen LogP contribution is 2.39. The summed E-state index contributed by atoms with van der Waals surface area (Å²) in [6.07, 6.45) is 5.68. The van der Waals surface area contributed by atoms with E-state index in [1.165, 1.54) is 0 Å². The molecule has 2 aromatic carbocycles. The van der Waals surface area contributed by atoms with Crippen LogP contribution >= 0.6 is 0 Å². The molecule has 3 heterocycles. The van der Waals surface area contributed by atoms with Gasteiger partial charge in [0.1, 0.15) is 0 Å². The fraction of sp³-hybridized carbons (Fsp3) is 0.286. The number of amides is 2. The second kappa shape index (κ2) is 9.11. The number of anilines is 1. The van der Waals surface area contributed by atoms with E-state index in [4.69, 9.17) is 4.74 Å². The fourth-order valence-corrected chi connectivity index (χ4v) is 5.03. The molecule has 2 unspecified atom stereocenters. The van der Waals surface area contributed by atoms with Gasteiger partial charge in [-0.2, -0.15) is 5.10 Å². The van der Waals surface area contributed by atoms with Gasteiger partial charge in [-0.15, -0.1) is 0 Å².